The van der Waals surface area contributed by atoms with Gasteiger partial charge in [-0.3, -0.25) is 0 Å². The van der Waals surface area contributed by atoms with Gasteiger partial charge in [-0.2, -0.15) is 5.10 Å². The van der Waals surface area contributed by atoms with E-state index in [1.165, 1.54) is 6.04 Å². The van der Waals surface area contributed by atoms with Crippen LogP contribution in [0.25, 0.3) is 0 Å². The van der Waals surface area contributed by atoms with Crippen LogP contribution in [0, 0.1) is 6.04 Å². The van der Waals surface area contributed by atoms with Gasteiger partial charge in [-0.15, -0.1) is 0 Å². The fourth-order valence-electron chi connectivity index (χ4n) is 0.349. The Hall–Kier alpha value is -0.530. The van der Waals surface area contributed by atoms with Crippen LogP contribution in [0.4, 0.5) is 0 Å². The van der Waals surface area contributed by atoms with Gasteiger partial charge in [0.2, 0.25) is 0 Å². The second-order valence-electron chi connectivity index (χ2n) is 2.45. The van der Waals surface area contributed by atoms with E-state index in [0.29, 0.717) is 0 Å². The molecule has 0 spiro atoms. The van der Waals surface area contributed by atoms with Gasteiger partial charge in [0.05, 0.1) is 6.04 Å². The zero-order chi connectivity index (χ0) is 7.98. The van der Waals surface area contributed by atoms with Crippen LogP contribution in [0.3, 0.4) is 0 Å². The minimum absolute atomic E-state index is 1.02. The van der Waals surface area contributed by atoms with Crippen molar-refractivity contribution in [2.45, 2.75) is 40.5 Å². The summed E-state index contributed by atoms with van der Waals surface area (Å²) in [6.07, 6.45) is 2.06. The molecule has 0 unspecified atom stereocenters. The van der Waals surface area contributed by atoms with Gasteiger partial charge in [-0.1, -0.05) is 13.8 Å². The summed E-state index contributed by atoms with van der Waals surface area (Å²) >= 11 is 0. The molecule has 0 aromatic rings. The summed E-state index contributed by atoms with van der Waals surface area (Å²) in [6.45, 7) is 8.28. The maximum atomic E-state index is 4.14. The van der Waals surface area contributed by atoms with Crippen molar-refractivity contribution in [2.75, 3.05) is 0 Å². The summed E-state index contributed by atoms with van der Waals surface area (Å²) in [4.78, 5) is 0. The lowest BCUT2D eigenvalue weighted by Gasteiger charge is -2.06. The van der Waals surface area contributed by atoms with E-state index in [-0.39, 0.29) is 0 Å². The van der Waals surface area contributed by atoms with E-state index < -0.39 is 0 Å². The van der Waals surface area contributed by atoms with Crippen molar-refractivity contribution in [3.63, 3.8) is 0 Å². The van der Waals surface area contributed by atoms with E-state index in [4.69, 9.17) is 0 Å². The van der Waals surface area contributed by atoms with E-state index >= 15 is 0 Å². The lowest BCUT2D eigenvalue weighted by Crippen LogP contribution is -2.12. The van der Waals surface area contributed by atoms with Gasteiger partial charge in [0.15, 0.2) is 0 Å². The molecular formula is C8H17N2. The first-order valence-corrected chi connectivity index (χ1v) is 3.82. The van der Waals surface area contributed by atoms with Crippen molar-refractivity contribution in [3.8, 4) is 0 Å². The Morgan fingerprint density at radius 2 is 1.80 bits per heavy atom. The number of nitrogens with zero attached hydrogens (tertiary/aromatic N) is 1. The lowest BCUT2D eigenvalue weighted by molar-refractivity contribution is 0.697. The molecule has 0 aromatic carbocycles. The van der Waals surface area contributed by atoms with Gasteiger partial charge < -0.3 is 5.43 Å². The predicted molar refractivity (Wildman–Crippen MR) is 45.7 cm³/mol. The number of hydrazone groups is 1. The summed E-state index contributed by atoms with van der Waals surface area (Å²) in [5.74, 6) is 0. The summed E-state index contributed by atoms with van der Waals surface area (Å²) < 4.78 is 0. The maximum Gasteiger partial charge on any atom is 0.0759 e. The van der Waals surface area contributed by atoms with Crippen LogP contribution in [-0.4, -0.2) is 5.71 Å². The van der Waals surface area contributed by atoms with Crippen LogP contribution in [0.5, 0.6) is 0 Å². The molecule has 0 aliphatic heterocycles. The largest absolute Gasteiger partial charge is 0.302 e. The second-order valence-corrected chi connectivity index (χ2v) is 2.45. The highest BCUT2D eigenvalue weighted by atomic mass is 15.3. The second kappa shape index (κ2) is 5.27. The Kier molecular flexibility index (Phi) is 4.99. The third kappa shape index (κ3) is 4.36. The third-order valence-electron chi connectivity index (χ3n) is 1.48. The van der Waals surface area contributed by atoms with Gasteiger partial charge in [-0.05, 0) is 26.7 Å². The van der Waals surface area contributed by atoms with Crippen LogP contribution in [0.2, 0.25) is 0 Å². The summed E-state index contributed by atoms with van der Waals surface area (Å²) in [7, 11) is 0. The van der Waals surface area contributed by atoms with Crippen LogP contribution in [0.15, 0.2) is 5.10 Å². The average molecular weight is 141 g/mol. The molecule has 0 saturated carbocycles. The van der Waals surface area contributed by atoms with E-state index in [2.05, 4.69) is 24.4 Å². The average Bonchev–Trinajstić information content (AvgIpc) is 1.99. The van der Waals surface area contributed by atoms with Gasteiger partial charge in [-0.25, -0.2) is 0 Å². The highest BCUT2D eigenvalue weighted by Gasteiger charge is 1.94. The molecule has 0 bridgehead atoms. The minimum atomic E-state index is 1.02. The van der Waals surface area contributed by atoms with Crippen molar-refractivity contribution in [3.05, 3.63) is 6.04 Å². The third-order valence-corrected chi connectivity index (χ3v) is 1.48. The molecule has 2 heteroatoms. The van der Waals surface area contributed by atoms with Crippen LogP contribution in [0.1, 0.15) is 40.5 Å². The molecule has 1 N–H and O–H groups in total. The lowest BCUT2D eigenvalue weighted by atomic mass is 10.3. The molecule has 2 nitrogen and oxygen atoms in total. The zero-order valence-corrected chi connectivity index (χ0v) is 7.36. The fraction of sp³-hybridized carbons (Fsp3) is 0.750. The predicted octanol–water partition coefficient (Wildman–Crippen LogP) is 2.32. The molecule has 0 aromatic heterocycles. The van der Waals surface area contributed by atoms with Gasteiger partial charge >= 0.3 is 0 Å². The molecule has 1 radical (unpaired) electrons. The highest BCUT2D eigenvalue weighted by molar-refractivity contribution is 5.81. The van der Waals surface area contributed by atoms with Crippen LogP contribution < -0.4 is 5.43 Å². The molecule has 10 heavy (non-hydrogen) atoms. The highest BCUT2D eigenvalue weighted by Crippen LogP contribution is 1.97. The first-order valence-electron chi connectivity index (χ1n) is 3.82. The van der Waals surface area contributed by atoms with E-state index in [1.807, 2.05) is 13.8 Å². The topological polar surface area (TPSA) is 24.4 Å². The summed E-state index contributed by atoms with van der Waals surface area (Å²) in [6, 6.07) is 1.22. The van der Waals surface area contributed by atoms with E-state index in [0.717, 1.165) is 18.6 Å². The molecular weight excluding hydrogens is 124 g/mol. The van der Waals surface area contributed by atoms with E-state index in [9.17, 15) is 0 Å². The van der Waals surface area contributed by atoms with Crippen molar-refractivity contribution >= 4 is 5.71 Å². The smallest absolute Gasteiger partial charge is 0.0759 e. The SMILES string of the molecule is CC[C](C)NN=C(C)CC. The first kappa shape index (κ1) is 9.47. The zero-order valence-electron chi connectivity index (χ0n) is 7.36. The molecule has 0 aliphatic carbocycles. The normalized spacial score (nSPS) is 12.3. The van der Waals surface area contributed by atoms with Crippen molar-refractivity contribution < 1.29 is 0 Å². The fourth-order valence-corrected chi connectivity index (χ4v) is 0.349. The molecule has 0 fully saturated rings. The Balaban J connectivity index is 3.50. The number of rotatable bonds is 4. The number of hydrogen-bond donors (Lipinski definition) is 1. The molecule has 0 aliphatic rings. The Bertz CT molecular complexity index is 108. The number of hydrogen-bond acceptors (Lipinski definition) is 2. The van der Waals surface area contributed by atoms with Gasteiger partial charge in [0, 0.05) is 5.71 Å². The Morgan fingerprint density at radius 3 is 2.20 bits per heavy atom. The van der Waals surface area contributed by atoms with Crippen molar-refractivity contribution in [1.29, 1.82) is 0 Å². The van der Waals surface area contributed by atoms with E-state index in [1.54, 1.807) is 0 Å². The molecule has 0 rings (SSSR count). The van der Waals surface area contributed by atoms with Crippen molar-refractivity contribution in [2.24, 2.45) is 5.10 Å². The van der Waals surface area contributed by atoms with Crippen LogP contribution >= 0.6 is 0 Å². The number of nitrogens with one attached hydrogen (secondary N) is 1. The quantitative estimate of drug-likeness (QED) is 0.471. The summed E-state index contributed by atoms with van der Waals surface area (Å²) in [5, 5.41) is 4.14. The first-order chi connectivity index (χ1) is 4.70. The molecule has 0 amide bonds. The maximum absolute atomic E-state index is 4.14. The monoisotopic (exact) mass is 141 g/mol. The molecule has 0 saturated heterocycles. The van der Waals surface area contributed by atoms with Gasteiger partial charge in [0.1, 0.15) is 0 Å². The molecule has 59 valence electrons. The Morgan fingerprint density at radius 1 is 1.20 bits per heavy atom. The summed E-state index contributed by atoms with van der Waals surface area (Å²) in [5.41, 5.74) is 4.13. The Labute approximate surface area is 63.7 Å². The molecule has 0 atom stereocenters. The van der Waals surface area contributed by atoms with Gasteiger partial charge in [0.25, 0.3) is 0 Å². The van der Waals surface area contributed by atoms with Crippen molar-refractivity contribution in [1.82, 2.24) is 5.43 Å². The molecule has 0 heterocycles. The van der Waals surface area contributed by atoms with Crippen LogP contribution in [-0.2, 0) is 0 Å². The minimum Gasteiger partial charge on any atom is -0.302 e. The standard InChI is InChI=1S/C8H17N2/c1-5-7(3)9-10-8(4)6-2/h9H,5-6H2,1-4H3.